The van der Waals surface area contributed by atoms with Crippen LogP contribution in [-0.2, 0) is 6.54 Å². The molecule has 0 aliphatic carbocycles. The third-order valence-electron chi connectivity index (χ3n) is 3.52. The van der Waals surface area contributed by atoms with Gasteiger partial charge < -0.3 is 5.73 Å². The molecule has 0 radical (unpaired) electrons. The molecule has 1 heterocycles. The van der Waals surface area contributed by atoms with Gasteiger partial charge in [-0.05, 0) is 42.6 Å². The number of benzene rings is 1. The Balaban J connectivity index is 2.00. The highest BCUT2D eigenvalue weighted by Gasteiger charge is 2.32. The van der Waals surface area contributed by atoms with Crippen molar-refractivity contribution in [2.75, 3.05) is 19.6 Å². The third-order valence-corrected chi connectivity index (χ3v) is 3.83. The summed E-state index contributed by atoms with van der Waals surface area (Å²) >= 11 is 5.66. The lowest BCUT2D eigenvalue weighted by Crippen LogP contribution is -2.31. The smallest absolute Gasteiger partial charge is 0.142 e. The molecule has 0 saturated carbocycles. The van der Waals surface area contributed by atoms with Gasteiger partial charge in [-0.25, -0.2) is 4.39 Å². The van der Waals surface area contributed by atoms with Crippen LogP contribution in [0.2, 0.25) is 5.02 Å². The molecular formula is C13H18ClFN2. The van der Waals surface area contributed by atoms with Gasteiger partial charge in [-0.1, -0.05) is 24.6 Å². The Morgan fingerprint density at radius 1 is 1.53 bits per heavy atom. The molecule has 2 rings (SSSR count). The summed E-state index contributed by atoms with van der Waals surface area (Å²) in [7, 11) is 0. The highest BCUT2D eigenvalue weighted by atomic mass is 35.5. The normalized spacial score (nSPS) is 25.4. The molecule has 0 aromatic heterocycles. The molecule has 4 heteroatoms. The zero-order valence-corrected chi connectivity index (χ0v) is 10.8. The van der Waals surface area contributed by atoms with Crippen molar-refractivity contribution in [3.63, 3.8) is 0 Å². The van der Waals surface area contributed by atoms with Crippen LogP contribution in [0.25, 0.3) is 0 Å². The Kier molecular flexibility index (Phi) is 3.71. The fourth-order valence-electron chi connectivity index (χ4n) is 2.32. The third kappa shape index (κ3) is 2.97. The molecule has 1 aliphatic heterocycles. The fourth-order valence-corrected chi connectivity index (χ4v) is 2.44. The SMILES string of the molecule is CC1(CN)CCN(Cc2ccc(Cl)c(F)c2)C1. The molecule has 1 aromatic carbocycles. The molecule has 1 unspecified atom stereocenters. The van der Waals surface area contributed by atoms with Gasteiger partial charge in [0.25, 0.3) is 0 Å². The fraction of sp³-hybridized carbons (Fsp3) is 0.538. The van der Waals surface area contributed by atoms with Crippen molar-refractivity contribution < 1.29 is 4.39 Å². The van der Waals surface area contributed by atoms with Crippen LogP contribution in [0.4, 0.5) is 4.39 Å². The van der Waals surface area contributed by atoms with Gasteiger partial charge >= 0.3 is 0 Å². The average Bonchev–Trinajstić information content (AvgIpc) is 2.67. The lowest BCUT2D eigenvalue weighted by Gasteiger charge is -2.22. The molecule has 0 spiro atoms. The molecule has 2 N–H and O–H groups in total. The van der Waals surface area contributed by atoms with Crippen molar-refractivity contribution in [3.8, 4) is 0 Å². The molecule has 2 nitrogen and oxygen atoms in total. The molecule has 1 atom stereocenters. The lowest BCUT2D eigenvalue weighted by molar-refractivity contribution is 0.274. The summed E-state index contributed by atoms with van der Waals surface area (Å²) in [5.74, 6) is -0.343. The number of hydrogen-bond acceptors (Lipinski definition) is 2. The molecule has 1 saturated heterocycles. The molecule has 0 bridgehead atoms. The molecule has 94 valence electrons. The van der Waals surface area contributed by atoms with Gasteiger partial charge in [0.1, 0.15) is 5.82 Å². The largest absolute Gasteiger partial charge is 0.330 e. The maximum atomic E-state index is 13.3. The number of halogens is 2. The Labute approximate surface area is 107 Å². The van der Waals surface area contributed by atoms with E-state index in [0.717, 1.165) is 31.6 Å². The number of rotatable bonds is 3. The number of nitrogens with zero attached hydrogens (tertiary/aromatic N) is 1. The van der Waals surface area contributed by atoms with E-state index in [2.05, 4.69) is 11.8 Å². The minimum atomic E-state index is -0.343. The summed E-state index contributed by atoms with van der Waals surface area (Å²) in [5, 5.41) is 0.182. The van der Waals surface area contributed by atoms with Crippen molar-refractivity contribution in [2.45, 2.75) is 19.9 Å². The summed E-state index contributed by atoms with van der Waals surface area (Å²) in [4.78, 5) is 2.32. The van der Waals surface area contributed by atoms with E-state index in [9.17, 15) is 4.39 Å². The summed E-state index contributed by atoms with van der Waals surface area (Å²) < 4.78 is 13.3. The molecule has 1 aliphatic rings. The zero-order chi connectivity index (χ0) is 12.5. The van der Waals surface area contributed by atoms with Crippen LogP contribution in [0.15, 0.2) is 18.2 Å². The first kappa shape index (κ1) is 12.8. The molecule has 1 aromatic rings. The van der Waals surface area contributed by atoms with E-state index in [-0.39, 0.29) is 16.3 Å². The Morgan fingerprint density at radius 3 is 2.88 bits per heavy atom. The van der Waals surface area contributed by atoms with Crippen molar-refractivity contribution in [3.05, 3.63) is 34.6 Å². The molecule has 0 amide bonds. The van der Waals surface area contributed by atoms with Crippen LogP contribution in [0, 0.1) is 11.2 Å². The maximum absolute atomic E-state index is 13.3. The molecule has 17 heavy (non-hydrogen) atoms. The minimum absolute atomic E-state index is 0.182. The summed E-state index contributed by atoms with van der Waals surface area (Å²) in [6, 6.07) is 5.01. The van der Waals surface area contributed by atoms with E-state index in [1.165, 1.54) is 6.07 Å². The van der Waals surface area contributed by atoms with Crippen molar-refractivity contribution >= 4 is 11.6 Å². The second-order valence-corrected chi connectivity index (χ2v) is 5.63. The van der Waals surface area contributed by atoms with Crippen LogP contribution < -0.4 is 5.73 Å². The van der Waals surface area contributed by atoms with Gasteiger partial charge in [-0.15, -0.1) is 0 Å². The van der Waals surface area contributed by atoms with Gasteiger partial charge in [-0.3, -0.25) is 4.90 Å². The first-order chi connectivity index (χ1) is 8.02. The maximum Gasteiger partial charge on any atom is 0.142 e. The standard InChI is InChI=1S/C13H18ClFN2/c1-13(8-16)4-5-17(9-13)7-10-2-3-11(14)12(15)6-10/h2-3,6H,4-5,7-9,16H2,1H3. The van der Waals surface area contributed by atoms with E-state index >= 15 is 0 Å². The Morgan fingerprint density at radius 2 is 2.29 bits per heavy atom. The van der Waals surface area contributed by atoms with Crippen LogP contribution in [0.3, 0.4) is 0 Å². The number of nitrogens with two attached hydrogens (primary N) is 1. The van der Waals surface area contributed by atoms with Gasteiger partial charge in [-0.2, -0.15) is 0 Å². The Bertz CT molecular complexity index is 410. The topological polar surface area (TPSA) is 29.3 Å². The lowest BCUT2D eigenvalue weighted by atomic mass is 9.90. The van der Waals surface area contributed by atoms with Crippen LogP contribution in [0.1, 0.15) is 18.9 Å². The van der Waals surface area contributed by atoms with Gasteiger partial charge in [0.05, 0.1) is 5.02 Å². The highest BCUT2D eigenvalue weighted by molar-refractivity contribution is 6.30. The summed E-state index contributed by atoms with van der Waals surface area (Å²) in [6.45, 7) is 5.68. The van der Waals surface area contributed by atoms with Gasteiger partial charge in [0.2, 0.25) is 0 Å². The quantitative estimate of drug-likeness (QED) is 0.901. The monoisotopic (exact) mass is 256 g/mol. The average molecular weight is 257 g/mol. The van der Waals surface area contributed by atoms with E-state index in [1.54, 1.807) is 6.07 Å². The van der Waals surface area contributed by atoms with Crippen molar-refractivity contribution in [1.82, 2.24) is 4.90 Å². The van der Waals surface area contributed by atoms with Crippen molar-refractivity contribution in [2.24, 2.45) is 11.1 Å². The summed E-state index contributed by atoms with van der Waals surface area (Å²) in [6.07, 6.45) is 1.11. The van der Waals surface area contributed by atoms with Gasteiger partial charge in [0, 0.05) is 13.1 Å². The van der Waals surface area contributed by atoms with Crippen LogP contribution in [-0.4, -0.2) is 24.5 Å². The summed E-state index contributed by atoms with van der Waals surface area (Å²) in [5.41, 5.74) is 6.94. The van der Waals surface area contributed by atoms with Gasteiger partial charge in [0.15, 0.2) is 0 Å². The van der Waals surface area contributed by atoms with Crippen LogP contribution in [0.5, 0.6) is 0 Å². The second kappa shape index (κ2) is 4.92. The first-order valence-corrected chi connectivity index (χ1v) is 6.27. The first-order valence-electron chi connectivity index (χ1n) is 5.89. The Hall–Kier alpha value is -0.640. The van der Waals surface area contributed by atoms with Crippen LogP contribution >= 0.6 is 11.6 Å². The highest BCUT2D eigenvalue weighted by Crippen LogP contribution is 2.29. The van der Waals surface area contributed by atoms with E-state index in [4.69, 9.17) is 17.3 Å². The number of likely N-dealkylation sites (tertiary alicyclic amines) is 1. The molecular weight excluding hydrogens is 239 g/mol. The number of hydrogen-bond donors (Lipinski definition) is 1. The predicted octanol–water partition coefficient (Wildman–Crippen LogP) is 2.65. The minimum Gasteiger partial charge on any atom is -0.330 e. The zero-order valence-electron chi connectivity index (χ0n) is 10.0. The predicted molar refractivity (Wildman–Crippen MR) is 68.5 cm³/mol. The second-order valence-electron chi connectivity index (χ2n) is 5.22. The van der Waals surface area contributed by atoms with E-state index in [1.807, 2.05) is 6.07 Å². The molecule has 1 fully saturated rings. The van der Waals surface area contributed by atoms with Crippen molar-refractivity contribution in [1.29, 1.82) is 0 Å². The van der Waals surface area contributed by atoms with E-state index in [0.29, 0.717) is 6.54 Å². The van der Waals surface area contributed by atoms with E-state index < -0.39 is 0 Å².